The molecule has 2 aromatic heterocycles. The standard InChI is InChI=1S/C29H33N5O2/c1-33-26(21-9-11-29(12-10-21)13-16-34(17-14-29)15-2-18-35)24(25-27(30)31-19-32-28(25)33)20-3-5-22(6-4-20)36-23-7-8-23/h2-6,9,15,18-19,23H,7-8,10-14,16-17H2,1H3,(H2,30,31,32). The highest BCUT2D eigenvalue weighted by Crippen LogP contribution is 2.48. The highest BCUT2D eigenvalue weighted by molar-refractivity contribution is 6.06. The quantitative estimate of drug-likeness (QED) is 0.387. The maximum Gasteiger partial charge on any atom is 0.146 e. The summed E-state index contributed by atoms with van der Waals surface area (Å²) in [4.78, 5) is 21.9. The molecular weight excluding hydrogens is 450 g/mol. The zero-order valence-electron chi connectivity index (χ0n) is 20.8. The van der Waals surface area contributed by atoms with E-state index in [0.29, 0.717) is 17.3 Å². The summed E-state index contributed by atoms with van der Waals surface area (Å²) >= 11 is 0. The Morgan fingerprint density at radius 2 is 1.89 bits per heavy atom. The Morgan fingerprint density at radius 1 is 1.11 bits per heavy atom. The van der Waals surface area contributed by atoms with E-state index in [-0.39, 0.29) is 0 Å². The van der Waals surface area contributed by atoms with Crippen LogP contribution >= 0.6 is 0 Å². The number of ether oxygens (including phenoxy) is 1. The van der Waals surface area contributed by atoms with Gasteiger partial charge in [-0.25, -0.2) is 9.97 Å². The van der Waals surface area contributed by atoms with E-state index >= 15 is 0 Å². The molecule has 3 heterocycles. The zero-order chi connectivity index (χ0) is 24.7. The van der Waals surface area contributed by atoms with Crippen LogP contribution < -0.4 is 10.5 Å². The SMILES string of the molecule is Cn1c(C2=CCC3(CC2)CCN(C=CC=O)CC3)c(-c2ccc(OC3CC3)cc2)c2c(N)ncnc21. The van der Waals surface area contributed by atoms with Crippen molar-refractivity contribution in [3.8, 4) is 16.9 Å². The van der Waals surface area contributed by atoms with Crippen molar-refractivity contribution in [2.45, 2.75) is 51.0 Å². The lowest BCUT2D eigenvalue weighted by molar-refractivity contribution is -0.104. The van der Waals surface area contributed by atoms with Gasteiger partial charge in [-0.15, -0.1) is 0 Å². The van der Waals surface area contributed by atoms with Crippen LogP contribution in [0.15, 0.2) is 48.9 Å². The predicted molar refractivity (Wildman–Crippen MR) is 142 cm³/mol. The lowest BCUT2D eigenvalue weighted by Gasteiger charge is -2.43. The summed E-state index contributed by atoms with van der Waals surface area (Å²) in [6, 6.07) is 8.40. The second kappa shape index (κ2) is 9.12. The Bertz CT molecular complexity index is 1340. The monoisotopic (exact) mass is 483 g/mol. The first-order valence-corrected chi connectivity index (χ1v) is 13.0. The zero-order valence-corrected chi connectivity index (χ0v) is 20.8. The molecule has 1 aliphatic heterocycles. The van der Waals surface area contributed by atoms with Gasteiger partial charge in [0.15, 0.2) is 0 Å². The van der Waals surface area contributed by atoms with E-state index in [1.54, 1.807) is 12.4 Å². The van der Waals surface area contributed by atoms with Crippen LogP contribution in [-0.2, 0) is 11.8 Å². The number of carbonyl (C=O) groups is 1. The molecule has 3 aromatic rings. The molecule has 1 spiro atoms. The molecule has 186 valence electrons. The molecule has 2 fully saturated rings. The number of piperidine rings is 1. The molecule has 0 radical (unpaired) electrons. The molecule has 36 heavy (non-hydrogen) atoms. The number of aromatic nitrogens is 3. The van der Waals surface area contributed by atoms with Crippen molar-refractivity contribution in [3.63, 3.8) is 0 Å². The average molecular weight is 484 g/mol. The fourth-order valence-corrected chi connectivity index (χ4v) is 5.93. The minimum absolute atomic E-state index is 0.348. The van der Waals surface area contributed by atoms with Gasteiger partial charge in [0.1, 0.15) is 29.8 Å². The number of benzene rings is 1. The molecule has 0 unspecified atom stereocenters. The third-order valence-electron chi connectivity index (χ3n) is 8.21. The van der Waals surface area contributed by atoms with E-state index in [9.17, 15) is 4.79 Å². The molecule has 6 rings (SSSR count). The topological polar surface area (TPSA) is 86.3 Å². The first kappa shape index (κ1) is 22.8. The number of rotatable bonds is 6. The molecule has 7 heteroatoms. The van der Waals surface area contributed by atoms with E-state index in [1.165, 1.54) is 17.7 Å². The number of allylic oxidation sites excluding steroid dienone is 3. The van der Waals surface area contributed by atoms with Gasteiger partial charge >= 0.3 is 0 Å². The summed E-state index contributed by atoms with van der Waals surface area (Å²) < 4.78 is 8.17. The highest BCUT2D eigenvalue weighted by Gasteiger charge is 2.36. The number of likely N-dealkylation sites (tertiary alicyclic amines) is 1. The van der Waals surface area contributed by atoms with Gasteiger partial charge in [-0.2, -0.15) is 0 Å². The summed E-state index contributed by atoms with van der Waals surface area (Å²) in [6.45, 7) is 2.02. The summed E-state index contributed by atoms with van der Waals surface area (Å²) in [7, 11) is 2.08. The van der Waals surface area contributed by atoms with Gasteiger partial charge in [-0.3, -0.25) is 4.79 Å². The van der Waals surface area contributed by atoms with Gasteiger partial charge in [0.25, 0.3) is 0 Å². The van der Waals surface area contributed by atoms with E-state index < -0.39 is 0 Å². The number of aldehydes is 1. The lowest BCUT2D eigenvalue weighted by Crippen LogP contribution is -2.38. The van der Waals surface area contributed by atoms with Crippen LogP contribution in [0.4, 0.5) is 5.82 Å². The number of nitrogens with two attached hydrogens (primary N) is 1. The van der Waals surface area contributed by atoms with E-state index in [1.807, 2.05) is 6.20 Å². The number of anilines is 1. The molecule has 1 aromatic carbocycles. The van der Waals surface area contributed by atoms with Crippen molar-refractivity contribution in [2.24, 2.45) is 12.5 Å². The molecule has 7 nitrogen and oxygen atoms in total. The molecule has 0 atom stereocenters. The second-order valence-corrected chi connectivity index (χ2v) is 10.5. The number of nitrogen functional groups attached to an aromatic ring is 1. The third kappa shape index (κ3) is 4.16. The molecule has 3 aliphatic rings. The van der Waals surface area contributed by atoms with E-state index in [2.05, 4.69) is 56.8 Å². The molecule has 0 amide bonds. The van der Waals surface area contributed by atoms with Crippen molar-refractivity contribution in [1.29, 1.82) is 0 Å². The molecule has 2 N–H and O–H groups in total. The molecular formula is C29H33N5O2. The van der Waals surface area contributed by atoms with Crippen molar-refractivity contribution in [2.75, 3.05) is 18.8 Å². The summed E-state index contributed by atoms with van der Waals surface area (Å²) in [5.41, 5.74) is 12.4. The molecule has 1 saturated heterocycles. The van der Waals surface area contributed by atoms with Gasteiger partial charge < -0.3 is 19.9 Å². The summed E-state index contributed by atoms with van der Waals surface area (Å²) in [5, 5.41) is 0.919. The normalized spacial score (nSPS) is 19.7. The van der Waals surface area contributed by atoms with Gasteiger partial charge in [0.05, 0.1) is 17.2 Å². The Kier molecular flexibility index (Phi) is 5.78. The first-order valence-electron chi connectivity index (χ1n) is 13.0. The van der Waals surface area contributed by atoms with Crippen LogP contribution in [-0.4, -0.2) is 44.9 Å². The smallest absolute Gasteiger partial charge is 0.146 e. The van der Waals surface area contributed by atoms with Crippen molar-refractivity contribution in [1.82, 2.24) is 19.4 Å². The van der Waals surface area contributed by atoms with Crippen LogP contribution in [0.1, 0.15) is 50.6 Å². The van der Waals surface area contributed by atoms with Crippen LogP contribution in [0, 0.1) is 5.41 Å². The van der Waals surface area contributed by atoms with Crippen LogP contribution in [0.3, 0.4) is 0 Å². The van der Waals surface area contributed by atoms with Crippen molar-refractivity contribution >= 4 is 28.7 Å². The van der Waals surface area contributed by atoms with Gasteiger partial charge in [0.2, 0.25) is 0 Å². The fraction of sp³-hybridized carbons (Fsp3) is 0.414. The van der Waals surface area contributed by atoms with Crippen molar-refractivity contribution in [3.05, 3.63) is 54.6 Å². The largest absolute Gasteiger partial charge is 0.490 e. The minimum Gasteiger partial charge on any atom is -0.490 e. The van der Waals surface area contributed by atoms with Crippen LogP contribution in [0.5, 0.6) is 5.75 Å². The maximum atomic E-state index is 10.7. The highest BCUT2D eigenvalue weighted by atomic mass is 16.5. The predicted octanol–water partition coefficient (Wildman–Crippen LogP) is 5.12. The van der Waals surface area contributed by atoms with Gasteiger partial charge in [-0.05, 0) is 79.7 Å². The van der Waals surface area contributed by atoms with Crippen LogP contribution in [0.25, 0.3) is 27.7 Å². The summed E-state index contributed by atoms with van der Waals surface area (Å²) in [6.07, 6.45) is 16.6. The number of hydrogen-bond donors (Lipinski definition) is 1. The Balaban J connectivity index is 1.34. The van der Waals surface area contributed by atoms with Crippen LogP contribution in [0.2, 0.25) is 0 Å². The number of fused-ring (bicyclic) bond motifs is 1. The number of hydrogen-bond acceptors (Lipinski definition) is 6. The third-order valence-corrected chi connectivity index (χ3v) is 8.21. The summed E-state index contributed by atoms with van der Waals surface area (Å²) in [5.74, 6) is 1.43. The Labute approximate surface area is 211 Å². The van der Waals surface area contributed by atoms with Crippen molar-refractivity contribution < 1.29 is 9.53 Å². The Hall–Kier alpha value is -3.61. The second-order valence-electron chi connectivity index (χ2n) is 10.5. The minimum atomic E-state index is 0.348. The van der Waals surface area contributed by atoms with E-state index in [4.69, 9.17) is 10.5 Å². The number of aryl methyl sites for hydroxylation is 1. The number of carbonyl (C=O) groups excluding carboxylic acids is 1. The first-order chi connectivity index (χ1) is 17.6. The molecule has 1 saturated carbocycles. The van der Waals surface area contributed by atoms with Gasteiger partial charge in [0, 0.05) is 31.9 Å². The maximum absolute atomic E-state index is 10.7. The van der Waals surface area contributed by atoms with E-state index in [0.717, 1.165) is 85.8 Å². The molecule has 2 aliphatic carbocycles. The van der Waals surface area contributed by atoms with Gasteiger partial charge in [-0.1, -0.05) is 18.2 Å². The number of nitrogens with zero attached hydrogens (tertiary/aromatic N) is 4. The fourth-order valence-electron chi connectivity index (χ4n) is 5.93. The Morgan fingerprint density at radius 3 is 2.56 bits per heavy atom. The lowest BCUT2D eigenvalue weighted by atomic mass is 9.68. The average Bonchev–Trinajstić information content (AvgIpc) is 3.67. The molecule has 0 bridgehead atoms.